The molecular formula is C30H33N3O9S. The topological polar surface area (TPSA) is 158 Å². The quantitative estimate of drug-likeness (QED) is 0.0924. The Kier molecular flexibility index (Phi) is 10.1. The number of amides is 2. The highest BCUT2D eigenvalue weighted by molar-refractivity contribution is 7.85. The standard InChI is InChI=1S/C30H33N3O9S/c1-3-31(4-2)24-12-9-21-18-22(30(37)41-26(21)19-24)10-11-23-13-14-25(43(38,39)40)20-32(23)17-7-5-6-8-29(36)42-33-27(34)15-16-28(33)35/h9-14,18-20H,3-8,15-17H2,1-2H3. The van der Waals surface area contributed by atoms with Crippen molar-refractivity contribution in [2.45, 2.75) is 63.8 Å². The van der Waals surface area contributed by atoms with Crippen LogP contribution in [0.2, 0.25) is 0 Å². The first kappa shape index (κ1) is 31.6. The predicted octanol–water partition coefficient (Wildman–Crippen LogP) is 3.17. The van der Waals surface area contributed by atoms with Gasteiger partial charge in [0.05, 0.1) is 5.56 Å². The molecule has 0 N–H and O–H groups in total. The molecule has 1 fully saturated rings. The van der Waals surface area contributed by atoms with Gasteiger partial charge in [0, 0.05) is 68.1 Å². The van der Waals surface area contributed by atoms with E-state index in [0.717, 1.165) is 24.2 Å². The molecule has 228 valence electrons. The van der Waals surface area contributed by atoms with Crippen LogP contribution in [0, 0.1) is 0 Å². The molecule has 0 bridgehead atoms. The minimum Gasteiger partial charge on any atom is -0.744 e. The highest BCUT2D eigenvalue weighted by Gasteiger charge is 2.32. The van der Waals surface area contributed by atoms with Crippen LogP contribution in [-0.2, 0) is 35.9 Å². The molecular weight excluding hydrogens is 578 g/mol. The molecule has 3 heterocycles. The molecule has 4 rings (SSSR count). The van der Waals surface area contributed by atoms with Crippen LogP contribution >= 0.6 is 0 Å². The fourth-order valence-corrected chi connectivity index (χ4v) is 5.24. The zero-order valence-corrected chi connectivity index (χ0v) is 24.8. The van der Waals surface area contributed by atoms with E-state index in [1.807, 2.05) is 32.0 Å². The van der Waals surface area contributed by atoms with Crippen LogP contribution in [0.25, 0.3) is 23.1 Å². The van der Waals surface area contributed by atoms with Crippen molar-refractivity contribution in [2.75, 3.05) is 18.0 Å². The summed E-state index contributed by atoms with van der Waals surface area (Å²) in [4.78, 5) is 54.5. The number of aromatic nitrogens is 1. The summed E-state index contributed by atoms with van der Waals surface area (Å²) >= 11 is 0. The van der Waals surface area contributed by atoms with E-state index in [2.05, 4.69) is 4.90 Å². The van der Waals surface area contributed by atoms with Crippen molar-refractivity contribution in [2.24, 2.45) is 0 Å². The number of unbranched alkanes of at least 4 members (excludes halogenated alkanes) is 2. The Morgan fingerprint density at radius 3 is 2.42 bits per heavy atom. The second-order valence-corrected chi connectivity index (χ2v) is 11.4. The number of rotatable bonds is 13. The second-order valence-electron chi connectivity index (χ2n) is 10.0. The highest BCUT2D eigenvalue weighted by atomic mass is 32.2. The molecule has 2 aromatic heterocycles. The molecule has 12 nitrogen and oxygen atoms in total. The first-order valence-corrected chi connectivity index (χ1v) is 15.5. The van der Waals surface area contributed by atoms with Crippen molar-refractivity contribution < 1.29 is 41.2 Å². The van der Waals surface area contributed by atoms with E-state index in [1.54, 1.807) is 22.8 Å². The maximum absolute atomic E-state index is 12.8. The van der Waals surface area contributed by atoms with E-state index in [-0.39, 0.29) is 19.3 Å². The smallest absolute Gasteiger partial charge is 0.343 e. The summed E-state index contributed by atoms with van der Waals surface area (Å²) in [5.74, 6) is -1.79. The first-order valence-electron chi connectivity index (χ1n) is 14.1. The number of benzene rings is 1. The zero-order chi connectivity index (χ0) is 31.1. The van der Waals surface area contributed by atoms with E-state index < -0.39 is 38.4 Å². The van der Waals surface area contributed by atoms with Crippen molar-refractivity contribution in [1.29, 1.82) is 0 Å². The third-order valence-electron chi connectivity index (χ3n) is 7.11. The molecule has 43 heavy (non-hydrogen) atoms. The summed E-state index contributed by atoms with van der Waals surface area (Å²) in [6, 6.07) is 10.1. The molecule has 1 aromatic carbocycles. The summed E-state index contributed by atoms with van der Waals surface area (Å²) in [6.07, 6.45) is 5.89. The molecule has 13 heteroatoms. The lowest BCUT2D eigenvalue weighted by Gasteiger charge is -2.20. The minimum absolute atomic E-state index is 0.0157. The lowest BCUT2D eigenvalue weighted by molar-refractivity contribution is -0.700. The molecule has 1 saturated heterocycles. The van der Waals surface area contributed by atoms with E-state index in [9.17, 15) is 32.1 Å². The van der Waals surface area contributed by atoms with E-state index >= 15 is 0 Å². The Morgan fingerprint density at radius 2 is 1.74 bits per heavy atom. The maximum Gasteiger partial charge on any atom is 0.343 e. The van der Waals surface area contributed by atoms with Crippen molar-refractivity contribution in [3.8, 4) is 0 Å². The van der Waals surface area contributed by atoms with E-state index in [1.165, 1.54) is 18.3 Å². The maximum atomic E-state index is 12.8. The van der Waals surface area contributed by atoms with Gasteiger partial charge in [0.15, 0.2) is 6.20 Å². The minimum atomic E-state index is -4.71. The molecule has 3 aromatic rings. The molecule has 0 atom stereocenters. The Hall–Kier alpha value is -4.36. The molecule has 2 amide bonds. The van der Waals surface area contributed by atoms with Gasteiger partial charge in [-0.05, 0) is 57.0 Å². The van der Waals surface area contributed by atoms with Crippen LogP contribution in [0.1, 0.15) is 63.6 Å². The molecule has 0 unspecified atom stereocenters. The number of hydrogen-bond donors (Lipinski definition) is 0. The number of hydrogen-bond acceptors (Lipinski definition) is 10. The van der Waals surface area contributed by atoms with Gasteiger partial charge in [-0.3, -0.25) is 9.59 Å². The summed E-state index contributed by atoms with van der Waals surface area (Å²) < 4.78 is 42.1. The summed E-state index contributed by atoms with van der Waals surface area (Å²) in [7, 11) is -4.71. The number of nitrogens with zero attached hydrogens (tertiary/aromatic N) is 3. The Balaban J connectivity index is 1.45. The predicted molar refractivity (Wildman–Crippen MR) is 155 cm³/mol. The number of carbonyl (C=O) groups is 3. The fourth-order valence-electron chi connectivity index (χ4n) is 4.75. The average Bonchev–Trinajstić information content (AvgIpc) is 3.28. The van der Waals surface area contributed by atoms with Crippen LogP contribution in [-0.4, -0.2) is 48.9 Å². The average molecular weight is 612 g/mol. The SMILES string of the molecule is CCN(CC)c1ccc2cc(/C=C/c3ccc(S(=O)(=O)[O-])c[n+]3CCCCCC(=O)ON3C(=O)CCC3=O)c(=O)oc2c1. The van der Waals surface area contributed by atoms with Gasteiger partial charge >= 0.3 is 11.6 Å². The number of carbonyl (C=O) groups excluding carboxylic acids is 3. The largest absolute Gasteiger partial charge is 0.744 e. The molecule has 1 aliphatic rings. The summed E-state index contributed by atoms with van der Waals surface area (Å²) in [5, 5.41) is 1.25. The molecule has 0 radical (unpaired) electrons. The Morgan fingerprint density at radius 1 is 1.02 bits per heavy atom. The highest BCUT2D eigenvalue weighted by Crippen LogP contribution is 2.22. The van der Waals surface area contributed by atoms with Gasteiger partial charge in [-0.15, -0.1) is 5.06 Å². The van der Waals surface area contributed by atoms with Crippen LogP contribution in [0.4, 0.5) is 5.69 Å². The normalized spacial score (nSPS) is 13.8. The molecule has 0 aliphatic carbocycles. The van der Waals surface area contributed by atoms with Crippen molar-refractivity contribution in [1.82, 2.24) is 5.06 Å². The molecule has 0 saturated carbocycles. The van der Waals surface area contributed by atoms with Gasteiger partial charge in [0.25, 0.3) is 11.8 Å². The lowest BCUT2D eigenvalue weighted by Crippen LogP contribution is -2.37. The van der Waals surface area contributed by atoms with E-state index in [0.29, 0.717) is 47.7 Å². The van der Waals surface area contributed by atoms with Gasteiger partial charge in [-0.1, -0.05) is 0 Å². The number of anilines is 1. The third kappa shape index (κ3) is 7.93. The van der Waals surface area contributed by atoms with Gasteiger partial charge in [-0.2, -0.15) is 4.57 Å². The van der Waals surface area contributed by atoms with Crippen LogP contribution in [0.15, 0.2) is 56.7 Å². The number of imide groups is 1. The van der Waals surface area contributed by atoms with Crippen molar-refractivity contribution in [3.05, 3.63) is 64.3 Å². The summed E-state index contributed by atoms with van der Waals surface area (Å²) in [6.45, 7) is 6.03. The number of fused-ring (bicyclic) bond motifs is 1. The summed E-state index contributed by atoms with van der Waals surface area (Å²) in [5.41, 5.74) is 1.72. The number of hydroxylamine groups is 2. The fraction of sp³-hybridized carbons (Fsp3) is 0.367. The first-order chi connectivity index (χ1) is 20.5. The number of aryl methyl sites for hydroxylation is 1. The van der Waals surface area contributed by atoms with Crippen LogP contribution in [0.3, 0.4) is 0 Å². The van der Waals surface area contributed by atoms with Crippen molar-refractivity contribution >= 4 is 56.7 Å². The van der Waals surface area contributed by atoms with Gasteiger partial charge < -0.3 is 18.7 Å². The Bertz CT molecular complexity index is 1710. The molecule has 1 aliphatic heterocycles. The van der Waals surface area contributed by atoms with E-state index in [4.69, 9.17) is 9.25 Å². The Labute approximate surface area is 248 Å². The molecule has 0 spiro atoms. The van der Waals surface area contributed by atoms with Crippen LogP contribution < -0.4 is 15.1 Å². The monoisotopic (exact) mass is 611 g/mol. The van der Waals surface area contributed by atoms with Gasteiger partial charge in [0.1, 0.15) is 27.1 Å². The second kappa shape index (κ2) is 13.7. The number of pyridine rings is 1. The van der Waals surface area contributed by atoms with Gasteiger partial charge in [-0.25, -0.2) is 18.0 Å². The van der Waals surface area contributed by atoms with Crippen LogP contribution in [0.5, 0.6) is 0 Å². The van der Waals surface area contributed by atoms with Gasteiger partial charge in [0.2, 0.25) is 5.69 Å². The van der Waals surface area contributed by atoms with Crippen molar-refractivity contribution in [3.63, 3.8) is 0 Å². The lowest BCUT2D eigenvalue weighted by atomic mass is 10.1. The third-order valence-corrected chi connectivity index (χ3v) is 7.93. The zero-order valence-electron chi connectivity index (χ0n) is 24.0.